The van der Waals surface area contributed by atoms with E-state index < -0.39 is 0 Å². The number of rotatable bonds is 8. The van der Waals surface area contributed by atoms with Crippen LogP contribution < -0.4 is 16.0 Å². The summed E-state index contributed by atoms with van der Waals surface area (Å²) in [5, 5.41) is 21.7. The first-order valence-corrected chi connectivity index (χ1v) is 11.6. The first-order valence-electron chi connectivity index (χ1n) is 11.6. The van der Waals surface area contributed by atoms with E-state index in [1.54, 1.807) is 12.1 Å². The van der Waals surface area contributed by atoms with E-state index in [4.69, 9.17) is 0 Å². The molecule has 1 amide bonds. The molecule has 5 rings (SSSR count). The summed E-state index contributed by atoms with van der Waals surface area (Å²) in [5.74, 6) is 0.202. The van der Waals surface area contributed by atoms with Gasteiger partial charge in [0.1, 0.15) is 5.75 Å². The van der Waals surface area contributed by atoms with Gasteiger partial charge in [-0.1, -0.05) is 36.4 Å². The number of hydrogen-bond donors (Lipinski definition) is 4. The number of benzene rings is 3. The zero-order chi connectivity index (χ0) is 23.7. The second kappa shape index (κ2) is 9.23. The highest BCUT2D eigenvalue weighted by Crippen LogP contribution is 2.44. The molecule has 3 unspecified atom stereocenters. The lowest BCUT2D eigenvalue weighted by Gasteiger charge is -2.30. The molecule has 1 aromatic heterocycles. The van der Waals surface area contributed by atoms with Crippen molar-refractivity contribution in [3.63, 3.8) is 0 Å². The van der Waals surface area contributed by atoms with Gasteiger partial charge >= 0.3 is 0 Å². The van der Waals surface area contributed by atoms with Gasteiger partial charge in [0, 0.05) is 49.5 Å². The molecular formula is C28H30N4O2. The molecule has 3 atom stereocenters. The van der Waals surface area contributed by atoms with Crippen molar-refractivity contribution < 1.29 is 9.90 Å². The molecule has 3 aromatic carbocycles. The smallest absolute Gasteiger partial charge is 0.207 e. The molecule has 0 fully saturated rings. The maximum absolute atomic E-state index is 11.7. The van der Waals surface area contributed by atoms with Crippen LogP contribution in [0.15, 0.2) is 72.9 Å². The fourth-order valence-electron chi connectivity index (χ4n) is 5.23. The van der Waals surface area contributed by atoms with Gasteiger partial charge in [0.05, 0.1) is 6.04 Å². The number of anilines is 1. The monoisotopic (exact) mass is 454 g/mol. The van der Waals surface area contributed by atoms with E-state index in [2.05, 4.69) is 70.2 Å². The molecular weight excluding hydrogens is 424 g/mol. The fraction of sp³-hybridized carbons (Fsp3) is 0.250. The van der Waals surface area contributed by atoms with E-state index >= 15 is 0 Å². The van der Waals surface area contributed by atoms with E-state index in [-0.39, 0.29) is 23.8 Å². The number of aromatic hydroxyl groups is 1. The van der Waals surface area contributed by atoms with Gasteiger partial charge in [-0.05, 0) is 64.9 Å². The summed E-state index contributed by atoms with van der Waals surface area (Å²) in [6, 6.07) is 22.1. The molecule has 174 valence electrons. The molecule has 2 heterocycles. The Kier molecular flexibility index (Phi) is 5.99. The number of aryl methyl sites for hydroxylation is 2. The third-order valence-electron chi connectivity index (χ3n) is 6.94. The van der Waals surface area contributed by atoms with E-state index in [0.717, 1.165) is 36.3 Å². The summed E-state index contributed by atoms with van der Waals surface area (Å²) < 4.78 is 2.14. The van der Waals surface area contributed by atoms with E-state index in [0.29, 0.717) is 0 Å². The molecule has 6 heteroatoms. The van der Waals surface area contributed by atoms with E-state index in [1.807, 2.05) is 25.1 Å². The quantitative estimate of drug-likeness (QED) is 0.299. The zero-order valence-electron chi connectivity index (χ0n) is 19.5. The van der Waals surface area contributed by atoms with Crippen molar-refractivity contribution in [3.8, 4) is 5.75 Å². The maximum Gasteiger partial charge on any atom is 0.207 e. The molecule has 34 heavy (non-hydrogen) atoms. The normalized spacial score (nSPS) is 17.8. The first-order chi connectivity index (χ1) is 16.5. The van der Waals surface area contributed by atoms with Crippen molar-refractivity contribution in [3.05, 3.63) is 95.2 Å². The van der Waals surface area contributed by atoms with Gasteiger partial charge in [0.2, 0.25) is 6.41 Å². The highest BCUT2D eigenvalue weighted by atomic mass is 16.3. The number of amides is 1. The molecule has 0 aliphatic carbocycles. The van der Waals surface area contributed by atoms with Gasteiger partial charge in [-0.15, -0.1) is 0 Å². The number of hydrogen-bond acceptors (Lipinski definition) is 4. The summed E-state index contributed by atoms with van der Waals surface area (Å²) in [4.78, 5) is 11.7. The minimum atomic E-state index is -0.271. The van der Waals surface area contributed by atoms with Gasteiger partial charge in [-0.3, -0.25) is 4.79 Å². The predicted molar refractivity (Wildman–Crippen MR) is 136 cm³/mol. The molecule has 1 aliphatic heterocycles. The Hall–Kier alpha value is -3.77. The van der Waals surface area contributed by atoms with Crippen LogP contribution in [0.2, 0.25) is 0 Å². The van der Waals surface area contributed by atoms with Gasteiger partial charge in [-0.25, -0.2) is 0 Å². The third kappa shape index (κ3) is 4.13. The summed E-state index contributed by atoms with van der Waals surface area (Å²) in [6.07, 6.45) is 2.84. The van der Waals surface area contributed by atoms with Gasteiger partial charge in [0.15, 0.2) is 0 Å². The number of nitrogens with zero attached hydrogens (tertiary/aromatic N) is 1. The largest absolute Gasteiger partial charge is 0.508 e. The van der Waals surface area contributed by atoms with Crippen LogP contribution in [0, 0.1) is 6.92 Å². The van der Waals surface area contributed by atoms with Crippen LogP contribution in [0.3, 0.4) is 0 Å². The molecule has 0 radical (unpaired) electrons. The number of phenolic OH excluding ortho intramolecular Hbond substituents is 1. The predicted octanol–water partition coefficient (Wildman–Crippen LogP) is 4.35. The molecule has 6 nitrogen and oxygen atoms in total. The lowest BCUT2D eigenvalue weighted by molar-refractivity contribution is -0.110. The van der Waals surface area contributed by atoms with Gasteiger partial charge < -0.3 is 25.6 Å². The van der Waals surface area contributed by atoms with Gasteiger partial charge in [-0.2, -0.15) is 0 Å². The zero-order valence-corrected chi connectivity index (χ0v) is 19.5. The van der Waals surface area contributed by atoms with Crippen molar-refractivity contribution in [1.29, 1.82) is 0 Å². The third-order valence-corrected chi connectivity index (χ3v) is 6.94. The van der Waals surface area contributed by atoms with Crippen LogP contribution >= 0.6 is 0 Å². The number of aromatic nitrogens is 1. The maximum atomic E-state index is 11.7. The minimum Gasteiger partial charge on any atom is -0.508 e. The Morgan fingerprint density at radius 2 is 1.97 bits per heavy atom. The Labute approximate surface area is 199 Å². The molecule has 4 aromatic rings. The highest BCUT2D eigenvalue weighted by Gasteiger charge is 2.38. The Bertz CT molecular complexity index is 1330. The first kappa shape index (κ1) is 22.0. The number of para-hydroxylation sites is 1. The lowest BCUT2D eigenvalue weighted by Crippen LogP contribution is -2.39. The summed E-state index contributed by atoms with van der Waals surface area (Å²) in [7, 11) is 2.06. The van der Waals surface area contributed by atoms with Crippen LogP contribution in [-0.2, 0) is 18.4 Å². The van der Waals surface area contributed by atoms with Crippen molar-refractivity contribution in [1.82, 2.24) is 15.2 Å². The van der Waals surface area contributed by atoms with Crippen LogP contribution in [0.25, 0.3) is 10.9 Å². The molecule has 4 N–H and O–H groups in total. The molecule has 0 saturated heterocycles. The Morgan fingerprint density at radius 1 is 1.12 bits per heavy atom. The highest BCUT2D eigenvalue weighted by molar-refractivity contribution is 5.80. The molecule has 0 spiro atoms. The van der Waals surface area contributed by atoms with Crippen LogP contribution in [0.1, 0.15) is 34.2 Å². The Balaban J connectivity index is 1.40. The van der Waals surface area contributed by atoms with Crippen LogP contribution in [0.5, 0.6) is 5.75 Å². The van der Waals surface area contributed by atoms with Crippen molar-refractivity contribution >= 4 is 23.0 Å². The fourth-order valence-corrected chi connectivity index (χ4v) is 5.23. The number of carbonyl (C=O) groups excluding carboxylic acids is 1. The van der Waals surface area contributed by atoms with Crippen LogP contribution in [-0.4, -0.2) is 28.7 Å². The average molecular weight is 455 g/mol. The minimum absolute atomic E-state index is 0.00440. The van der Waals surface area contributed by atoms with Crippen molar-refractivity contribution in [2.45, 2.75) is 31.5 Å². The number of phenols is 1. The second-order valence-corrected chi connectivity index (χ2v) is 9.12. The molecule has 0 saturated carbocycles. The number of carbonyl (C=O) groups is 1. The molecule has 0 bridgehead atoms. The van der Waals surface area contributed by atoms with Gasteiger partial charge in [0.25, 0.3) is 0 Å². The van der Waals surface area contributed by atoms with Crippen LogP contribution in [0.4, 0.5) is 5.69 Å². The SMILES string of the molecule is Cc1ccc(O)cc1C(NC=O)C1c2ccccc2NC1CNCc1ccc2ccn(C)c2c1. The Morgan fingerprint density at radius 3 is 2.82 bits per heavy atom. The topological polar surface area (TPSA) is 78.3 Å². The lowest BCUT2D eigenvalue weighted by atomic mass is 9.82. The van der Waals surface area contributed by atoms with Crippen molar-refractivity contribution in [2.75, 3.05) is 11.9 Å². The summed E-state index contributed by atoms with van der Waals surface area (Å²) in [5.41, 5.74) is 6.66. The molecule has 1 aliphatic rings. The van der Waals surface area contributed by atoms with Crippen molar-refractivity contribution in [2.24, 2.45) is 7.05 Å². The second-order valence-electron chi connectivity index (χ2n) is 9.12. The number of nitrogens with one attached hydrogen (secondary N) is 3. The van der Waals surface area contributed by atoms with E-state index in [9.17, 15) is 9.90 Å². The summed E-state index contributed by atoms with van der Waals surface area (Å²) in [6.45, 7) is 3.48. The standard InChI is InChI=1S/C28H30N4O2/c1-18-7-10-21(34)14-23(18)28(30-17-33)27-22-5-3-4-6-24(22)31-25(27)16-29-15-19-8-9-20-11-12-32(2)26(20)13-19/h3-14,17,25,27-29,31,34H,15-16H2,1-2H3,(H,30,33). The number of fused-ring (bicyclic) bond motifs is 2. The van der Waals surface area contributed by atoms with E-state index in [1.165, 1.54) is 22.0 Å². The summed E-state index contributed by atoms with van der Waals surface area (Å²) >= 11 is 0. The average Bonchev–Trinajstić information content (AvgIpc) is 3.39.